The van der Waals surface area contributed by atoms with Crippen molar-refractivity contribution < 1.29 is 9.53 Å². The molecule has 1 amide bonds. The van der Waals surface area contributed by atoms with E-state index in [2.05, 4.69) is 5.32 Å². The third-order valence-corrected chi connectivity index (χ3v) is 4.84. The third-order valence-electron chi connectivity index (χ3n) is 4.84. The van der Waals surface area contributed by atoms with E-state index in [-0.39, 0.29) is 11.8 Å². The van der Waals surface area contributed by atoms with Gasteiger partial charge in [0.25, 0.3) is 5.91 Å². The Bertz CT molecular complexity index is 1100. The highest BCUT2D eigenvalue weighted by molar-refractivity contribution is 6.19. The van der Waals surface area contributed by atoms with Gasteiger partial charge in [-0.3, -0.25) is 9.79 Å². The minimum atomic E-state index is -0.269. The van der Waals surface area contributed by atoms with Crippen LogP contribution in [0.4, 0.5) is 11.4 Å². The van der Waals surface area contributed by atoms with Crippen molar-refractivity contribution in [2.75, 3.05) is 7.11 Å². The molecule has 1 aliphatic heterocycles. The van der Waals surface area contributed by atoms with Crippen molar-refractivity contribution in [3.05, 3.63) is 90.0 Å². The second-order valence-electron chi connectivity index (χ2n) is 6.74. The Morgan fingerprint density at radius 3 is 2.21 bits per heavy atom. The first kappa shape index (κ1) is 18.6. The normalized spacial score (nSPS) is 15.4. The maximum atomic E-state index is 13.1. The number of hydrogen-bond acceptors (Lipinski definition) is 4. The van der Waals surface area contributed by atoms with Gasteiger partial charge in [0.2, 0.25) is 0 Å². The molecule has 0 radical (unpaired) electrons. The van der Waals surface area contributed by atoms with Crippen LogP contribution in [0.1, 0.15) is 28.8 Å². The molecule has 1 N–H and O–H groups in total. The van der Waals surface area contributed by atoms with Crippen LogP contribution in [-0.4, -0.2) is 24.6 Å². The van der Waals surface area contributed by atoms with E-state index in [9.17, 15) is 4.79 Å². The first-order valence-corrected chi connectivity index (χ1v) is 9.39. The maximum Gasteiger partial charge on any atom is 0.260 e. The van der Waals surface area contributed by atoms with E-state index in [0.717, 1.165) is 22.6 Å². The summed E-state index contributed by atoms with van der Waals surface area (Å²) < 4.78 is 5.34. The molecule has 3 aromatic rings. The molecule has 0 unspecified atom stereocenters. The quantitative estimate of drug-likeness (QED) is 0.688. The number of hydrogen-bond donors (Lipinski definition) is 1. The van der Waals surface area contributed by atoms with E-state index in [1.54, 1.807) is 19.2 Å². The standard InChI is InChI=1S/C24H21N3O2/c1-16-22(17-10-4-3-5-11-17)23(26-20-14-8-7-13-19(20)25-16)27-24(28)18-12-6-9-15-21(18)29-2/h3-15,22H,1-2H3,(H,26,27,28)/t22-/m1/s1. The number of nitrogens with one attached hydrogen (secondary N) is 1. The van der Waals surface area contributed by atoms with Gasteiger partial charge in [-0.1, -0.05) is 54.6 Å². The lowest BCUT2D eigenvalue weighted by atomic mass is 9.93. The summed E-state index contributed by atoms with van der Waals surface area (Å²) in [6.07, 6.45) is 0. The molecule has 0 saturated carbocycles. The van der Waals surface area contributed by atoms with Crippen molar-refractivity contribution in [1.82, 2.24) is 5.32 Å². The largest absolute Gasteiger partial charge is 0.496 e. The number of amides is 1. The Morgan fingerprint density at radius 2 is 1.48 bits per heavy atom. The summed E-state index contributed by atoms with van der Waals surface area (Å²) in [5.74, 6) is 0.524. The zero-order chi connectivity index (χ0) is 20.2. The molecule has 0 saturated heterocycles. The summed E-state index contributed by atoms with van der Waals surface area (Å²) >= 11 is 0. The Kier molecular flexibility index (Phi) is 5.20. The summed E-state index contributed by atoms with van der Waals surface area (Å²) in [7, 11) is 1.55. The summed E-state index contributed by atoms with van der Waals surface area (Å²) in [6, 6.07) is 24.8. The Labute approximate surface area is 169 Å². The van der Waals surface area contributed by atoms with Crippen molar-refractivity contribution >= 4 is 28.8 Å². The van der Waals surface area contributed by atoms with Crippen molar-refractivity contribution in [2.45, 2.75) is 12.8 Å². The van der Waals surface area contributed by atoms with E-state index in [1.807, 2.05) is 73.7 Å². The topological polar surface area (TPSA) is 63.0 Å². The number of rotatable bonds is 3. The van der Waals surface area contributed by atoms with Crippen LogP contribution in [0.3, 0.4) is 0 Å². The van der Waals surface area contributed by atoms with Crippen LogP contribution in [0.15, 0.2) is 88.8 Å². The SMILES string of the molecule is COc1ccccc1C(=O)NC1=Nc2ccccc2N=C(C)[C@@H]1c1ccccc1. The van der Waals surface area contributed by atoms with Gasteiger partial charge in [0, 0.05) is 5.71 Å². The number of methoxy groups -OCH3 is 1. The second-order valence-corrected chi connectivity index (χ2v) is 6.74. The van der Waals surface area contributed by atoms with E-state index in [0.29, 0.717) is 17.1 Å². The molecular weight excluding hydrogens is 362 g/mol. The molecule has 0 aromatic heterocycles. The van der Waals surface area contributed by atoms with Gasteiger partial charge in [0.05, 0.1) is 30.0 Å². The highest BCUT2D eigenvalue weighted by Gasteiger charge is 2.27. The molecule has 0 bridgehead atoms. The van der Waals surface area contributed by atoms with Gasteiger partial charge in [-0.05, 0) is 36.8 Å². The van der Waals surface area contributed by atoms with Gasteiger partial charge in [-0.15, -0.1) is 0 Å². The van der Waals surface area contributed by atoms with Crippen LogP contribution in [0.5, 0.6) is 5.75 Å². The second kappa shape index (κ2) is 8.10. The molecule has 0 aliphatic carbocycles. The predicted octanol–water partition coefficient (Wildman–Crippen LogP) is 5.05. The van der Waals surface area contributed by atoms with Gasteiger partial charge >= 0.3 is 0 Å². The Hall–Kier alpha value is -3.73. The minimum absolute atomic E-state index is 0.262. The number of fused-ring (bicyclic) bond motifs is 1. The molecule has 4 rings (SSSR count). The molecule has 1 heterocycles. The number of amidine groups is 1. The van der Waals surface area contributed by atoms with Crippen LogP contribution in [-0.2, 0) is 0 Å². The lowest BCUT2D eigenvalue weighted by Crippen LogP contribution is -2.37. The molecule has 0 spiro atoms. The number of carbonyl (C=O) groups excluding carboxylic acids is 1. The fraction of sp³-hybridized carbons (Fsp3) is 0.125. The molecule has 0 fully saturated rings. The highest BCUT2D eigenvalue weighted by Crippen LogP contribution is 2.34. The monoisotopic (exact) mass is 383 g/mol. The van der Waals surface area contributed by atoms with Crippen LogP contribution < -0.4 is 10.1 Å². The fourth-order valence-electron chi connectivity index (χ4n) is 3.46. The van der Waals surface area contributed by atoms with Crippen molar-refractivity contribution in [3.8, 4) is 5.75 Å². The van der Waals surface area contributed by atoms with Crippen molar-refractivity contribution in [1.29, 1.82) is 0 Å². The highest BCUT2D eigenvalue weighted by atomic mass is 16.5. The van der Waals surface area contributed by atoms with E-state index < -0.39 is 0 Å². The first-order chi connectivity index (χ1) is 14.2. The lowest BCUT2D eigenvalue weighted by Gasteiger charge is -2.20. The number of benzene rings is 3. The predicted molar refractivity (Wildman–Crippen MR) is 116 cm³/mol. The number of ether oxygens (including phenoxy) is 1. The molecule has 29 heavy (non-hydrogen) atoms. The van der Waals surface area contributed by atoms with Gasteiger partial charge in [0.1, 0.15) is 11.6 Å². The van der Waals surface area contributed by atoms with E-state index in [1.165, 1.54) is 0 Å². The van der Waals surface area contributed by atoms with E-state index >= 15 is 0 Å². The van der Waals surface area contributed by atoms with E-state index in [4.69, 9.17) is 14.7 Å². The molecule has 1 aliphatic rings. The average Bonchev–Trinajstić information content (AvgIpc) is 2.89. The molecule has 1 atom stereocenters. The Morgan fingerprint density at radius 1 is 0.862 bits per heavy atom. The van der Waals surface area contributed by atoms with Gasteiger partial charge in [-0.2, -0.15) is 0 Å². The fourth-order valence-corrected chi connectivity index (χ4v) is 3.46. The molecule has 3 aromatic carbocycles. The van der Waals surface area contributed by atoms with Crippen LogP contribution in [0.25, 0.3) is 0 Å². The van der Waals surface area contributed by atoms with Crippen LogP contribution in [0.2, 0.25) is 0 Å². The molecular formula is C24H21N3O2. The van der Waals surface area contributed by atoms with Gasteiger partial charge < -0.3 is 10.1 Å². The molecule has 5 heteroatoms. The number of carbonyl (C=O) groups is 1. The Balaban J connectivity index is 1.80. The smallest absolute Gasteiger partial charge is 0.260 e. The minimum Gasteiger partial charge on any atom is -0.496 e. The van der Waals surface area contributed by atoms with Gasteiger partial charge in [-0.25, -0.2) is 4.99 Å². The average molecular weight is 383 g/mol. The number of aliphatic imine (C=N–C) groups is 2. The molecule has 5 nitrogen and oxygen atoms in total. The zero-order valence-corrected chi connectivity index (χ0v) is 16.3. The van der Waals surface area contributed by atoms with Crippen LogP contribution in [0, 0.1) is 0 Å². The summed E-state index contributed by atoms with van der Waals surface area (Å²) in [6.45, 7) is 1.96. The first-order valence-electron chi connectivity index (χ1n) is 9.39. The number of nitrogens with zero attached hydrogens (tertiary/aromatic N) is 2. The summed E-state index contributed by atoms with van der Waals surface area (Å²) in [4.78, 5) is 22.7. The van der Waals surface area contributed by atoms with Crippen LogP contribution >= 0.6 is 0 Å². The third kappa shape index (κ3) is 3.80. The summed E-state index contributed by atoms with van der Waals surface area (Å²) in [5.41, 5.74) is 3.84. The van der Waals surface area contributed by atoms with Crippen molar-refractivity contribution in [3.63, 3.8) is 0 Å². The van der Waals surface area contributed by atoms with Gasteiger partial charge in [0.15, 0.2) is 0 Å². The summed E-state index contributed by atoms with van der Waals surface area (Å²) in [5, 5.41) is 3.02. The lowest BCUT2D eigenvalue weighted by molar-refractivity contribution is 0.0973. The zero-order valence-electron chi connectivity index (χ0n) is 16.3. The number of para-hydroxylation sites is 3. The maximum absolute atomic E-state index is 13.1. The van der Waals surface area contributed by atoms with Crippen molar-refractivity contribution in [2.24, 2.45) is 9.98 Å². The molecule has 144 valence electrons.